The summed E-state index contributed by atoms with van der Waals surface area (Å²) in [4.78, 5) is 27.9. The fourth-order valence-corrected chi connectivity index (χ4v) is 4.09. The van der Waals surface area contributed by atoms with E-state index in [1.807, 2.05) is 43.3 Å². The van der Waals surface area contributed by atoms with Crippen LogP contribution in [0.4, 0.5) is 0 Å². The Labute approximate surface area is 199 Å². The Bertz CT molecular complexity index is 1220. The summed E-state index contributed by atoms with van der Waals surface area (Å²) in [5.74, 6) is -0.429. The summed E-state index contributed by atoms with van der Waals surface area (Å²) in [5, 5.41) is 11.3. The van der Waals surface area contributed by atoms with Crippen LogP contribution in [0.3, 0.4) is 0 Å². The summed E-state index contributed by atoms with van der Waals surface area (Å²) in [6.45, 7) is 2.77. The number of aliphatic hydroxyl groups excluding tert-OH is 1. The van der Waals surface area contributed by atoms with Gasteiger partial charge >= 0.3 is 0 Å². The summed E-state index contributed by atoms with van der Waals surface area (Å²) in [6, 6.07) is 22.8. The Balaban J connectivity index is 1.83. The second-order valence-electron chi connectivity index (χ2n) is 8.07. The number of amides is 1. The van der Waals surface area contributed by atoms with Crippen LogP contribution in [0, 0.1) is 0 Å². The highest BCUT2D eigenvalue weighted by molar-refractivity contribution is 6.46. The number of carbonyl (C=O) groups excluding carboxylic acids is 2. The molecule has 0 spiro atoms. The summed E-state index contributed by atoms with van der Waals surface area (Å²) in [5.41, 5.74) is 2.02. The number of methoxy groups -OCH3 is 1. The highest BCUT2D eigenvalue weighted by atomic mass is 16.5. The molecule has 0 aromatic heterocycles. The van der Waals surface area contributed by atoms with Gasteiger partial charge in [-0.25, -0.2) is 0 Å². The molecule has 1 N–H and O–H groups in total. The summed E-state index contributed by atoms with van der Waals surface area (Å²) in [6.07, 6.45) is 0.844. The van der Waals surface area contributed by atoms with Crippen LogP contribution < -0.4 is 9.47 Å². The molecule has 3 aromatic carbocycles. The van der Waals surface area contributed by atoms with E-state index in [9.17, 15) is 14.7 Å². The molecule has 1 amide bonds. The van der Waals surface area contributed by atoms with Crippen molar-refractivity contribution in [2.24, 2.45) is 0 Å². The maximum Gasteiger partial charge on any atom is 0.295 e. The molecule has 3 aromatic rings. The zero-order valence-corrected chi connectivity index (χ0v) is 19.2. The molecular formula is C28H27NO5. The smallest absolute Gasteiger partial charge is 0.295 e. The number of likely N-dealkylation sites (tertiary alicyclic amines) is 1. The lowest BCUT2D eigenvalue weighted by Gasteiger charge is -2.25. The summed E-state index contributed by atoms with van der Waals surface area (Å²) in [7, 11) is 1.56. The average Bonchev–Trinajstić information content (AvgIpc) is 3.12. The Kier molecular flexibility index (Phi) is 6.97. The van der Waals surface area contributed by atoms with Crippen molar-refractivity contribution in [3.8, 4) is 11.5 Å². The van der Waals surface area contributed by atoms with Crippen molar-refractivity contribution < 1.29 is 24.2 Å². The number of nitrogens with zero attached hydrogens (tertiary/aromatic N) is 1. The quantitative estimate of drug-likeness (QED) is 0.289. The first-order chi connectivity index (χ1) is 16.5. The standard InChI is InChI=1S/C28H27NO5/c1-3-15-34-23-14-8-12-21(17-23)26(30)24-25(20-11-7-13-22(16-20)33-2)29(28(32)27(24)31)18-19-9-5-4-6-10-19/h4-14,16-17,25,30H,3,15,18H2,1-2H3/b26-24+. The lowest BCUT2D eigenvalue weighted by atomic mass is 9.95. The van der Waals surface area contributed by atoms with Crippen molar-refractivity contribution in [1.29, 1.82) is 0 Å². The number of hydrogen-bond donors (Lipinski definition) is 1. The largest absolute Gasteiger partial charge is 0.507 e. The second-order valence-corrected chi connectivity index (χ2v) is 8.07. The highest BCUT2D eigenvalue weighted by Crippen LogP contribution is 2.41. The van der Waals surface area contributed by atoms with Gasteiger partial charge in [-0.2, -0.15) is 0 Å². The molecule has 1 aliphatic heterocycles. The van der Waals surface area contributed by atoms with Crippen molar-refractivity contribution in [2.45, 2.75) is 25.9 Å². The highest BCUT2D eigenvalue weighted by Gasteiger charge is 2.46. The van der Waals surface area contributed by atoms with Crippen LogP contribution in [-0.4, -0.2) is 35.4 Å². The monoisotopic (exact) mass is 457 g/mol. The first kappa shape index (κ1) is 23.1. The van der Waals surface area contributed by atoms with Crippen LogP contribution in [0.5, 0.6) is 11.5 Å². The molecule has 1 aliphatic rings. The van der Waals surface area contributed by atoms with Gasteiger partial charge in [-0.05, 0) is 41.8 Å². The van der Waals surface area contributed by atoms with Crippen molar-refractivity contribution in [3.63, 3.8) is 0 Å². The first-order valence-corrected chi connectivity index (χ1v) is 11.2. The van der Waals surface area contributed by atoms with Crippen molar-refractivity contribution >= 4 is 17.4 Å². The Morgan fingerprint density at radius 3 is 2.41 bits per heavy atom. The normalized spacial score (nSPS) is 17.1. The summed E-state index contributed by atoms with van der Waals surface area (Å²) < 4.78 is 11.1. The fraction of sp³-hybridized carbons (Fsp3) is 0.214. The molecule has 0 saturated carbocycles. The maximum absolute atomic E-state index is 13.2. The minimum Gasteiger partial charge on any atom is -0.507 e. The predicted molar refractivity (Wildman–Crippen MR) is 130 cm³/mol. The molecule has 1 unspecified atom stereocenters. The van der Waals surface area contributed by atoms with Gasteiger partial charge in [0.1, 0.15) is 17.3 Å². The van der Waals surface area contributed by atoms with Gasteiger partial charge in [0.25, 0.3) is 11.7 Å². The van der Waals surface area contributed by atoms with Crippen LogP contribution in [0.15, 0.2) is 84.4 Å². The zero-order valence-electron chi connectivity index (χ0n) is 19.2. The lowest BCUT2D eigenvalue weighted by Crippen LogP contribution is -2.29. The number of Topliss-reactive ketones (excluding diaryl/α,β-unsaturated/α-hetero) is 1. The molecule has 0 radical (unpaired) electrons. The molecule has 1 heterocycles. The third-order valence-electron chi connectivity index (χ3n) is 5.73. The molecule has 0 aliphatic carbocycles. The number of ketones is 1. The maximum atomic E-state index is 13.2. The van der Waals surface area contributed by atoms with Crippen molar-refractivity contribution in [1.82, 2.24) is 4.90 Å². The average molecular weight is 458 g/mol. The van der Waals surface area contributed by atoms with Gasteiger partial charge in [0.2, 0.25) is 0 Å². The number of aliphatic hydroxyl groups is 1. The molecule has 1 saturated heterocycles. The van der Waals surface area contributed by atoms with Gasteiger partial charge in [0.15, 0.2) is 0 Å². The van der Waals surface area contributed by atoms with E-state index in [2.05, 4.69) is 0 Å². The lowest BCUT2D eigenvalue weighted by molar-refractivity contribution is -0.140. The topological polar surface area (TPSA) is 76.1 Å². The Hall–Kier alpha value is -4.06. The van der Waals surface area contributed by atoms with Gasteiger partial charge in [-0.3, -0.25) is 9.59 Å². The Morgan fingerprint density at radius 2 is 1.68 bits per heavy atom. The van der Waals surface area contributed by atoms with E-state index in [-0.39, 0.29) is 17.9 Å². The van der Waals surface area contributed by atoms with E-state index in [4.69, 9.17) is 9.47 Å². The first-order valence-electron chi connectivity index (χ1n) is 11.2. The fourth-order valence-electron chi connectivity index (χ4n) is 4.09. The number of hydrogen-bond acceptors (Lipinski definition) is 5. The van der Waals surface area contributed by atoms with Crippen molar-refractivity contribution in [3.05, 3.63) is 101 Å². The Morgan fingerprint density at radius 1 is 0.941 bits per heavy atom. The van der Waals surface area contributed by atoms with E-state index in [1.54, 1.807) is 49.6 Å². The number of benzene rings is 3. The van der Waals surface area contributed by atoms with E-state index in [0.29, 0.717) is 29.2 Å². The predicted octanol–water partition coefficient (Wildman–Crippen LogP) is 5.11. The molecule has 1 fully saturated rings. The van der Waals surface area contributed by atoms with Gasteiger partial charge in [-0.15, -0.1) is 0 Å². The third kappa shape index (κ3) is 4.66. The van der Waals surface area contributed by atoms with Crippen LogP contribution in [0.2, 0.25) is 0 Å². The van der Waals surface area contributed by atoms with Crippen LogP contribution >= 0.6 is 0 Å². The van der Waals surface area contributed by atoms with Gasteiger partial charge < -0.3 is 19.5 Å². The number of rotatable bonds is 8. The molecule has 6 heteroatoms. The van der Waals surface area contributed by atoms with Gasteiger partial charge in [0.05, 0.1) is 25.3 Å². The zero-order chi connectivity index (χ0) is 24.1. The minimum atomic E-state index is -0.768. The van der Waals surface area contributed by atoms with E-state index >= 15 is 0 Å². The number of carbonyl (C=O) groups is 2. The van der Waals surface area contributed by atoms with E-state index < -0.39 is 17.7 Å². The molecule has 34 heavy (non-hydrogen) atoms. The molecule has 0 bridgehead atoms. The molecule has 1 atom stereocenters. The van der Waals surface area contributed by atoms with Crippen LogP contribution in [0.25, 0.3) is 5.76 Å². The van der Waals surface area contributed by atoms with Crippen LogP contribution in [0.1, 0.15) is 36.1 Å². The molecular weight excluding hydrogens is 430 g/mol. The van der Waals surface area contributed by atoms with E-state index in [0.717, 1.165) is 12.0 Å². The third-order valence-corrected chi connectivity index (χ3v) is 5.73. The minimum absolute atomic E-state index is 0.0434. The summed E-state index contributed by atoms with van der Waals surface area (Å²) >= 11 is 0. The van der Waals surface area contributed by atoms with Gasteiger partial charge in [0, 0.05) is 12.1 Å². The second kappa shape index (κ2) is 10.3. The van der Waals surface area contributed by atoms with Crippen LogP contribution in [-0.2, 0) is 16.1 Å². The molecule has 4 rings (SSSR count). The molecule has 174 valence electrons. The molecule has 6 nitrogen and oxygen atoms in total. The number of ether oxygens (including phenoxy) is 2. The van der Waals surface area contributed by atoms with Gasteiger partial charge in [-0.1, -0.05) is 61.5 Å². The SMILES string of the molecule is CCCOc1cccc(/C(O)=C2\C(=O)C(=O)N(Cc3ccccc3)C2c2cccc(OC)c2)c1. The van der Waals surface area contributed by atoms with Crippen molar-refractivity contribution in [2.75, 3.05) is 13.7 Å². The van der Waals surface area contributed by atoms with E-state index in [1.165, 1.54) is 4.90 Å².